The zero-order valence-corrected chi connectivity index (χ0v) is 14.1. The average molecular weight is 379 g/mol. The lowest BCUT2D eigenvalue weighted by molar-refractivity contribution is -0.144. The van der Waals surface area contributed by atoms with Gasteiger partial charge in [-0.25, -0.2) is 0 Å². The predicted molar refractivity (Wildman–Crippen MR) is 91.3 cm³/mol. The van der Waals surface area contributed by atoms with Gasteiger partial charge in [0.05, 0.1) is 0 Å². The standard InChI is InChI=1S/C18H16F3N3O3/c19-18(20,21)14-8-7-12(16(22)26)17(27)24(14)10-15(25)23-9-3-5-11-4-1-2-6-13(11)23/h1-2,4,6-8H,3,5,9-10H2,(H2,22,26). The third kappa shape index (κ3) is 3.57. The summed E-state index contributed by atoms with van der Waals surface area (Å²) in [5.41, 5.74) is 3.42. The van der Waals surface area contributed by atoms with Gasteiger partial charge in [-0.15, -0.1) is 0 Å². The number of benzene rings is 1. The third-order valence-corrected chi connectivity index (χ3v) is 4.43. The molecule has 1 aromatic carbocycles. The number of primary amides is 1. The van der Waals surface area contributed by atoms with Crippen LogP contribution in [0, 0.1) is 0 Å². The summed E-state index contributed by atoms with van der Waals surface area (Å²) in [6.45, 7) is -0.509. The second-order valence-electron chi connectivity index (χ2n) is 6.16. The Balaban J connectivity index is 2.03. The van der Waals surface area contributed by atoms with Crippen LogP contribution < -0.4 is 16.2 Å². The van der Waals surface area contributed by atoms with Crippen molar-refractivity contribution in [3.05, 3.63) is 63.6 Å². The van der Waals surface area contributed by atoms with E-state index in [1.807, 2.05) is 12.1 Å². The summed E-state index contributed by atoms with van der Waals surface area (Å²) in [6.07, 6.45) is -3.45. The molecule has 9 heteroatoms. The number of carbonyl (C=O) groups is 2. The largest absolute Gasteiger partial charge is 0.431 e. The fourth-order valence-electron chi connectivity index (χ4n) is 3.18. The van der Waals surface area contributed by atoms with Gasteiger partial charge < -0.3 is 10.6 Å². The molecular weight excluding hydrogens is 363 g/mol. The van der Waals surface area contributed by atoms with E-state index in [0.29, 0.717) is 24.7 Å². The van der Waals surface area contributed by atoms with Crippen molar-refractivity contribution in [1.29, 1.82) is 0 Å². The molecule has 0 radical (unpaired) electrons. The summed E-state index contributed by atoms with van der Waals surface area (Å²) in [4.78, 5) is 37.7. The summed E-state index contributed by atoms with van der Waals surface area (Å²) in [7, 11) is 0. The van der Waals surface area contributed by atoms with E-state index in [0.717, 1.165) is 18.1 Å². The molecule has 2 heterocycles. The molecule has 6 nitrogen and oxygen atoms in total. The molecule has 2 aromatic rings. The Bertz CT molecular complexity index is 966. The Kier molecular flexibility index (Phi) is 4.77. The van der Waals surface area contributed by atoms with Gasteiger partial charge >= 0.3 is 6.18 Å². The van der Waals surface area contributed by atoms with Gasteiger partial charge in [0.25, 0.3) is 11.5 Å². The molecule has 0 saturated heterocycles. The maximum atomic E-state index is 13.3. The van der Waals surface area contributed by atoms with Crippen LogP contribution in [-0.4, -0.2) is 22.9 Å². The van der Waals surface area contributed by atoms with Crippen molar-refractivity contribution in [3.8, 4) is 0 Å². The highest BCUT2D eigenvalue weighted by atomic mass is 19.4. The van der Waals surface area contributed by atoms with E-state index < -0.39 is 41.4 Å². The Morgan fingerprint density at radius 1 is 1.11 bits per heavy atom. The quantitative estimate of drug-likeness (QED) is 0.885. The van der Waals surface area contributed by atoms with E-state index in [1.54, 1.807) is 12.1 Å². The second-order valence-corrected chi connectivity index (χ2v) is 6.16. The molecule has 1 aliphatic rings. The van der Waals surface area contributed by atoms with E-state index in [9.17, 15) is 27.6 Å². The number of aryl methyl sites for hydroxylation is 1. The van der Waals surface area contributed by atoms with Crippen LogP contribution >= 0.6 is 0 Å². The van der Waals surface area contributed by atoms with Crippen LogP contribution in [0.15, 0.2) is 41.2 Å². The highest BCUT2D eigenvalue weighted by Gasteiger charge is 2.36. The van der Waals surface area contributed by atoms with Crippen molar-refractivity contribution in [1.82, 2.24) is 4.57 Å². The van der Waals surface area contributed by atoms with Gasteiger partial charge in [0.15, 0.2) is 0 Å². The molecule has 0 saturated carbocycles. The summed E-state index contributed by atoms with van der Waals surface area (Å²) in [6, 6.07) is 8.40. The van der Waals surface area contributed by atoms with Gasteiger partial charge in [0.1, 0.15) is 17.8 Å². The van der Waals surface area contributed by atoms with Crippen molar-refractivity contribution >= 4 is 17.5 Å². The number of amides is 2. The smallest absolute Gasteiger partial charge is 0.365 e. The van der Waals surface area contributed by atoms with Gasteiger partial charge in [-0.1, -0.05) is 18.2 Å². The number of halogens is 3. The lowest BCUT2D eigenvalue weighted by atomic mass is 10.0. The average Bonchev–Trinajstić information content (AvgIpc) is 2.61. The molecular formula is C18H16F3N3O3. The van der Waals surface area contributed by atoms with E-state index in [4.69, 9.17) is 5.73 Å². The normalized spacial score (nSPS) is 14.0. The summed E-state index contributed by atoms with van der Waals surface area (Å²) in [5, 5.41) is 0. The molecule has 1 aromatic heterocycles. The van der Waals surface area contributed by atoms with Crippen LogP contribution in [0.5, 0.6) is 0 Å². The highest BCUT2D eigenvalue weighted by Crippen LogP contribution is 2.30. The van der Waals surface area contributed by atoms with Gasteiger partial charge in [0, 0.05) is 12.2 Å². The molecule has 0 unspecified atom stereocenters. The lowest BCUT2D eigenvalue weighted by Gasteiger charge is -2.30. The maximum Gasteiger partial charge on any atom is 0.431 e. The van der Waals surface area contributed by atoms with Crippen molar-refractivity contribution < 1.29 is 22.8 Å². The first-order valence-corrected chi connectivity index (χ1v) is 8.19. The number of anilines is 1. The molecule has 0 fully saturated rings. The van der Waals surface area contributed by atoms with Crippen molar-refractivity contribution in [2.75, 3.05) is 11.4 Å². The van der Waals surface area contributed by atoms with Gasteiger partial charge in [-0.05, 0) is 36.6 Å². The second kappa shape index (κ2) is 6.90. The first kappa shape index (κ1) is 18.7. The molecule has 0 atom stereocenters. The number of rotatable bonds is 3. The van der Waals surface area contributed by atoms with Crippen LogP contribution in [0.4, 0.5) is 18.9 Å². The number of nitrogens with two attached hydrogens (primary N) is 1. The number of carbonyl (C=O) groups excluding carboxylic acids is 2. The number of fused-ring (bicyclic) bond motifs is 1. The van der Waals surface area contributed by atoms with E-state index >= 15 is 0 Å². The van der Waals surface area contributed by atoms with Crippen LogP contribution in [0.3, 0.4) is 0 Å². The minimum Gasteiger partial charge on any atom is -0.365 e. The summed E-state index contributed by atoms with van der Waals surface area (Å²) < 4.78 is 40.1. The number of alkyl halides is 3. The number of nitrogens with zero attached hydrogens (tertiary/aromatic N) is 2. The minimum absolute atomic E-state index is 0.264. The van der Waals surface area contributed by atoms with Crippen molar-refractivity contribution in [2.45, 2.75) is 25.6 Å². The molecule has 3 rings (SSSR count). The van der Waals surface area contributed by atoms with Crippen molar-refractivity contribution in [2.24, 2.45) is 5.73 Å². The van der Waals surface area contributed by atoms with Crippen LogP contribution in [-0.2, 0) is 23.9 Å². The number of aromatic nitrogens is 1. The first-order chi connectivity index (χ1) is 12.7. The molecule has 0 bridgehead atoms. The number of hydrogen-bond donors (Lipinski definition) is 1. The van der Waals surface area contributed by atoms with E-state index in [1.165, 1.54) is 4.90 Å². The number of hydrogen-bond acceptors (Lipinski definition) is 3. The molecule has 0 spiro atoms. The Morgan fingerprint density at radius 2 is 1.81 bits per heavy atom. The minimum atomic E-state index is -4.87. The molecule has 0 aliphatic carbocycles. The fourth-order valence-corrected chi connectivity index (χ4v) is 3.18. The molecule has 2 amide bonds. The predicted octanol–water partition coefficient (Wildman–Crippen LogP) is 1.95. The zero-order chi connectivity index (χ0) is 19.8. The van der Waals surface area contributed by atoms with Crippen LogP contribution in [0.2, 0.25) is 0 Å². The van der Waals surface area contributed by atoms with Crippen LogP contribution in [0.25, 0.3) is 0 Å². The number of pyridine rings is 1. The molecule has 1 aliphatic heterocycles. The van der Waals surface area contributed by atoms with Gasteiger partial charge in [0.2, 0.25) is 5.91 Å². The lowest BCUT2D eigenvalue weighted by Crippen LogP contribution is -2.42. The topological polar surface area (TPSA) is 85.4 Å². The SMILES string of the molecule is NC(=O)c1ccc(C(F)(F)F)n(CC(=O)N2CCCc3ccccc32)c1=O. The molecule has 142 valence electrons. The molecule has 2 N–H and O–H groups in total. The third-order valence-electron chi connectivity index (χ3n) is 4.43. The highest BCUT2D eigenvalue weighted by molar-refractivity contribution is 5.95. The summed E-state index contributed by atoms with van der Waals surface area (Å²) >= 11 is 0. The number of para-hydroxylation sites is 1. The van der Waals surface area contributed by atoms with Crippen molar-refractivity contribution in [3.63, 3.8) is 0 Å². The Hall–Kier alpha value is -3.10. The fraction of sp³-hybridized carbons (Fsp3) is 0.278. The Labute approximate surface area is 152 Å². The van der Waals surface area contributed by atoms with Gasteiger partial charge in [-0.2, -0.15) is 13.2 Å². The van der Waals surface area contributed by atoms with Gasteiger partial charge in [-0.3, -0.25) is 19.0 Å². The van der Waals surface area contributed by atoms with Crippen LogP contribution in [0.1, 0.15) is 28.0 Å². The summed E-state index contributed by atoms with van der Waals surface area (Å²) in [5.74, 6) is -1.82. The molecule has 27 heavy (non-hydrogen) atoms. The Morgan fingerprint density at radius 3 is 2.48 bits per heavy atom. The zero-order valence-electron chi connectivity index (χ0n) is 14.1. The monoisotopic (exact) mass is 379 g/mol. The van der Waals surface area contributed by atoms with E-state index in [-0.39, 0.29) is 4.57 Å². The maximum absolute atomic E-state index is 13.3. The van der Waals surface area contributed by atoms with E-state index in [2.05, 4.69) is 0 Å². The first-order valence-electron chi connectivity index (χ1n) is 8.19.